The van der Waals surface area contributed by atoms with Gasteiger partial charge in [-0.1, -0.05) is 23.4 Å². The summed E-state index contributed by atoms with van der Waals surface area (Å²) in [4.78, 5) is 24.1. The van der Waals surface area contributed by atoms with Crippen molar-refractivity contribution in [2.75, 3.05) is 22.1 Å². The minimum absolute atomic E-state index is 0.0690. The molecule has 0 saturated heterocycles. The molecule has 0 atom stereocenters. The van der Waals surface area contributed by atoms with Gasteiger partial charge >= 0.3 is 0 Å². The predicted octanol–water partition coefficient (Wildman–Crippen LogP) is 4.22. The van der Waals surface area contributed by atoms with E-state index in [-0.39, 0.29) is 23.3 Å². The quantitative estimate of drug-likeness (QED) is 0.572. The Morgan fingerprint density at radius 2 is 1.83 bits per heavy atom. The van der Waals surface area contributed by atoms with Crippen molar-refractivity contribution >= 4 is 35.1 Å². The predicted molar refractivity (Wildman–Crippen MR) is 109 cm³/mol. The van der Waals surface area contributed by atoms with E-state index in [9.17, 15) is 14.0 Å². The summed E-state index contributed by atoms with van der Waals surface area (Å²) in [6, 6.07) is 14.2. The van der Waals surface area contributed by atoms with Crippen molar-refractivity contribution < 1.29 is 23.2 Å². The number of ether oxygens (including phenoxy) is 1. The number of nitrogens with one attached hydrogen (secondary N) is 2. The van der Waals surface area contributed by atoms with Gasteiger partial charge in [0, 0.05) is 12.1 Å². The number of carbonyl (C=O) groups is 2. The number of hydrogen-bond acceptors (Lipinski definition) is 6. The molecule has 0 radical (unpaired) electrons. The minimum Gasteiger partial charge on any atom is -0.455 e. The summed E-state index contributed by atoms with van der Waals surface area (Å²) >= 11 is 1.15. The van der Waals surface area contributed by atoms with Gasteiger partial charge in [0.1, 0.15) is 17.3 Å². The number of benzene rings is 2. The third-order valence-electron chi connectivity index (χ3n) is 3.55. The van der Waals surface area contributed by atoms with Crippen molar-refractivity contribution in [2.24, 2.45) is 0 Å². The van der Waals surface area contributed by atoms with Gasteiger partial charge in [-0.05, 0) is 31.2 Å². The average Bonchev–Trinajstić information content (AvgIpc) is 3.08. The van der Waals surface area contributed by atoms with Crippen molar-refractivity contribution in [2.45, 2.75) is 6.92 Å². The first-order valence-electron chi connectivity index (χ1n) is 8.63. The topological polar surface area (TPSA) is 93.5 Å². The third-order valence-corrected chi connectivity index (χ3v) is 4.48. The molecule has 0 unspecified atom stereocenters. The summed E-state index contributed by atoms with van der Waals surface area (Å²) in [5.41, 5.74) is 0.449. The normalized spacial score (nSPS) is 10.4. The van der Waals surface area contributed by atoms with E-state index in [0.717, 1.165) is 11.8 Å². The van der Waals surface area contributed by atoms with Gasteiger partial charge in [0.15, 0.2) is 11.6 Å². The van der Waals surface area contributed by atoms with E-state index in [4.69, 9.17) is 9.26 Å². The van der Waals surface area contributed by atoms with Crippen molar-refractivity contribution in [3.8, 4) is 11.5 Å². The zero-order valence-electron chi connectivity index (χ0n) is 15.5. The maximum atomic E-state index is 13.3. The van der Waals surface area contributed by atoms with Crippen LogP contribution in [0.15, 0.2) is 59.1 Å². The van der Waals surface area contributed by atoms with Crippen LogP contribution in [0.25, 0.3) is 0 Å². The maximum Gasteiger partial charge on any atom is 0.235 e. The number of aromatic nitrogens is 1. The molecule has 3 aromatic rings. The van der Waals surface area contributed by atoms with Crippen molar-refractivity contribution in [3.05, 3.63) is 66.2 Å². The molecule has 2 N–H and O–H groups in total. The molecule has 0 aliphatic carbocycles. The number of aryl methyl sites for hydroxylation is 1. The summed E-state index contributed by atoms with van der Waals surface area (Å²) < 4.78 is 23.9. The number of rotatable bonds is 8. The molecule has 7 nitrogen and oxygen atoms in total. The molecular formula is C20H18FN3O4S. The Balaban J connectivity index is 1.49. The zero-order valence-corrected chi connectivity index (χ0v) is 16.3. The fourth-order valence-electron chi connectivity index (χ4n) is 2.34. The number of amides is 2. The number of halogens is 1. The number of para-hydroxylation sites is 2. The van der Waals surface area contributed by atoms with Gasteiger partial charge in [0.25, 0.3) is 0 Å². The minimum atomic E-state index is -0.417. The summed E-state index contributed by atoms with van der Waals surface area (Å²) in [6.07, 6.45) is 0. The van der Waals surface area contributed by atoms with Gasteiger partial charge in [0.2, 0.25) is 11.8 Å². The zero-order chi connectivity index (χ0) is 20.6. The molecule has 29 heavy (non-hydrogen) atoms. The van der Waals surface area contributed by atoms with Crippen LogP contribution in [0.5, 0.6) is 11.5 Å². The lowest BCUT2D eigenvalue weighted by Crippen LogP contribution is -2.18. The monoisotopic (exact) mass is 415 g/mol. The standard InChI is InChI=1S/C20H18FN3O4S/c1-13-9-18(24-28-13)23-20(26)12-29-11-19(25)22-16-7-2-3-8-17(16)27-15-6-4-5-14(21)10-15/h2-10H,11-12H2,1H3,(H,22,25)(H,23,24,26). The lowest BCUT2D eigenvalue weighted by Gasteiger charge is -2.12. The Hall–Kier alpha value is -3.33. The largest absolute Gasteiger partial charge is 0.455 e. The first-order chi connectivity index (χ1) is 14.0. The molecule has 2 amide bonds. The highest BCUT2D eigenvalue weighted by Gasteiger charge is 2.11. The van der Waals surface area contributed by atoms with Crippen LogP contribution >= 0.6 is 11.8 Å². The van der Waals surface area contributed by atoms with Gasteiger partial charge < -0.3 is 19.9 Å². The Kier molecular flexibility index (Phi) is 6.85. The molecule has 0 bridgehead atoms. The van der Waals surface area contributed by atoms with E-state index in [1.165, 1.54) is 18.2 Å². The lowest BCUT2D eigenvalue weighted by molar-refractivity contribution is -0.114. The van der Waals surface area contributed by atoms with Gasteiger partial charge in [0.05, 0.1) is 17.2 Å². The van der Waals surface area contributed by atoms with Crippen molar-refractivity contribution in [1.82, 2.24) is 5.16 Å². The molecule has 2 aromatic carbocycles. The fourth-order valence-corrected chi connectivity index (χ4v) is 2.96. The highest BCUT2D eigenvalue weighted by atomic mass is 32.2. The summed E-state index contributed by atoms with van der Waals surface area (Å²) in [5.74, 6) is 0.782. The molecule has 0 spiro atoms. The van der Waals surface area contributed by atoms with E-state index in [2.05, 4.69) is 15.8 Å². The number of nitrogens with zero attached hydrogens (tertiary/aromatic N) is 1. The van der Waals surface area contributed by atoms with Crippen LogP contribution in [0.2, 0.25) is 0 Å². The van der Waals surface area contributed by atoms with Crippen LogP contribution in [0.1, 0.15) is 5.76 Å². The van der Waals surface area contributed by atoms with E-state index in [1.54, 1.807) is 43.3 Å². The first kappa shape index (κ1) is 20.4. The van der Waals surface area contributed by atoms with Crippen LogP contribution < -0.4 is 15.4 Å². The van der Waals surface area contributed by atoms with Gasteiger partial charge in [-0.3, -0.25) is 9.59 Å². The van der Waals surface area contributed by atoms with Gasteiger partial charge in [-0.2, -0.15) is 0 Å². The highest BCUT2D eigenvalue weighted by molar-refractivity contribution is 8.00. The molecule has 0 saturated carbocycles. The SMILES string of the molecule is Cc1cc(NC(=O)CSCC(=O)Nc2ccccc2Oc2cccc(F)c2)no1. The summed E-state index contributed by atoms with van der Waals surface area (Å²) in [7, 11) is 0. The Morgan fingerprint density at radius 1 is 1.07 bits per heavy atom. The fraction of sp³-hybridized carbons (Fsp3) is 0.150. The number of carbonyl (C=O) groups excluding carboxylic acids is 2. The number of thioether (sulfide) groups is 1. The van der Waals surface area contributed by atoms with Crippen LogP contribution in [0, 0.1) is 12.7 Å². The first-order valence-corrected chi connectivity index (χ1v) is 9.78. The van der Waals surface area contributed by atoms with Crippen LogP contribution in [-0.4, -0.2) is 28.5 Å². The van der Waals surface area contributed by atoms with Crippen LogP contribution in [0.4, 0.5) is 15.9 Å². The molecule has 1 aromatic heterocycles. The molecule has 0 aliphatic heterocycles. The second-order valence-electron chi connectivity index (χ2n) is 5.97. The van der Waals surface area contributed by atoms with E-state index < -0.39 is 5.82 Å². The molecule has 1 heterocycles. The second-order valence-corrected chi connectivity index (χ2v) is 6.95. The number of anilines is 2. The molecule has 0 aliphatic rings. The lowest BCUT2D eigenvalue weighted by atomic mass is 10.3. The van der Waals surface area contributed by atoms with Crippen LogP contribution in [-0.2, 0) is 9.59 Å². The second kappa shape index (κ2) is 9.74. The Morgan fingerprint density at radius 3 is 2.55 bits per heavy atom. The van der Waals surface area contributed by atoms with E-state index in [0.29, 0.717) is 28.8 Å². The van der Waals surface area contributed by atoms with Crippen molar-refractivity contribution in [1.29, 1.82) is 0 Å². The van der Waals surface area contributed by atoms with E-state index >= 15 is 0 Å². The average molecular weight is 415 g/mol. The molecule has 9 heteroatoms. The van der Waals surface area contributed by atoms with Crippen molar-refractivity contribution in [3.63, 3.8) is 0 Å². The Labute approximate surface area is 170 Å². The van der Waals surface area contributed by atoms with Gasteiger partial charge in [-0.25, -0.2) is 4.39 Å². The molecule has 150 valence electrons. The molecule has 3 rings (SSSR count). The summed E-state index contributed by atoms with van der Waals surface area (Å²) in [6.45, 7) is 1.72. The molecular weight excluding hydrogens is 397 g/mol. The Bertz CT molecular complexity index is 1010. The molecule has 0 fully saturated rings. The smallest absolute Gasteiger partial charge is 0.235 e. The highest BCUT2D eigenvalue weighted by Crippen LogP contribution is 2.29. The number of hydrogen-bond donors (Lipinski definition) is 2. The third kappa shape index (κ3) is 6.35. The maximum absolute atomic E-state index is 13.3. The van der Waals surface area contributed by atoms with Gasteiger partial charge in [-0.15, -0.1) is 11.8 Å². The van der Waals surface area contributed by atoms with Crippen LogP contribution in [0.3, 0.4) is 0 Å². The van der Waals surface area contributed by atoms with E-state index in [1.807, 2.05) is 0 Å². The summed E-state index contributed by atoms with van der Waals surface area (Å²) in [5, 5.41) is 8.99.